The predicted octanol–water partition coefficient (Wildman–Crippen LogP) is 3.08. The third-order valence-electron chi connectivity index (χ3n) is 6.20. The van der Waals surface area contributed by atoms with Crippen LogP contribution in [0.25, 0.3) is 10.9 Å². The number of carbonyl (C=O) groups excluding carboxylic acids is 1. The molecule has 0 radical (unpaired) electrons. The second kappa shape index (κ2) is 6.93. The molecule has 1 aliphatic heterocycles. The van der Waals surface area contributed by atoms with Gasteiger partial charge in [0.05, 0.1) is 13.2 Å². The third-order valence-corrected chi connectivity index (χ3v) is 6.20. The number of hydrogen-bond acceptors (Lipinski definition) is 3. The monoisotopic (exact) mass is 340 g/mol. The lowest BCUT2D eigenvalue weighted by Crippen LogP contribution is -2.44. The first-order valence-corrected chi connectivity index (χ1v) is 9.60. The van der Waals surface area contributed by atoms with E-state index in [4.69, 9.17) is 4.74 Å². The summed E-state index contributed by atoms with van der Waals surface area (Å²) in [5.74, 6) is 0.902. The van der Waals surface area contributed by atoms with Gasteiger partial charge in [-0.15, -0.1) is 0 Å². The molecule has 1 fully saturated rings. The smallest absolute Gasteiger partial charge is 0.127 e. The molecule has 4 nitrogen and oxygen atoms in total. The molecule has 0 amide bonds. The number of aryl methyl sites for hydroxylation is 1. The van der Waals surface area contributed by atoms with Gasteiger partial charge in [-0.1, -0.05) is 25.1 Å². The highest BCUT2D eigenvalue weighted by molar-refractivity contribution is 5.89. The lowest BCUT2D eigenvalue weighted by atomic mass is 9.71. The molecule has 3 unspecified atom stereocenters. The first-order valence-electron chi connectivity index (χ1n) is 9.60. The summed E-state index contributed by atoms with van der Waals surface area (Å²) < 4.78 is 7.91. The van der Waals surface area contributed by atoms with Crippen LogP contribution in [0.3, 0.4) is 0 Å². The summed E-state index contributed by atoms with van der Waals surface area (Å²) in [5.41, 5.74) is 3.96. The van der Waals surface area contributed by atoms with E-state index in [9.17, 15) is 4.79 Å². The second-order valence-corrected chi connectivity index (χ2v) is 7.54. The average molecular weight is 340 g/mol. The van der Waals surface area contributed by atoms with Gasteiger partial charge < -0.3 is 14.1 Å². The van der Waals surface area contributed by atoms with Crippen LogP contribution in [0.15, 0.2) is 24.3 Å². The summed E-state index contributed by atoms with van der Waals surface area (Å²) in [6.45, 7) is 10.1. The van der Waals surface area contributed by atoms with Crippen LogP contribution in [-0.4, -0.2) is 48.6 Å². The Bertz CT molecular complexity index is 761. The maximum absolute atomic E-state index is 12.2. The van der Waals surface area contributed by atoms with Crippen molar-refractivity contribution in [1.82, 2.24) is 9.47 Å². The second-order valence-electron chi connectivity index (χ2n) is 7.54. The number of carbonyl (C=O) groups is 1. The number of morpholine rings is 1. The van der Waals surface area contributed by atoms with Crippen molar-refractivity contribution in [3.63, 3.8) is 0 Å². The maximum Gasteiger partial charge on any atom is 0.127 e. The summed E-state index contributed by atoms with van der Waals surface area (Å²) in [7, 11) is 0. The molecule has 0 bridgehead atoms. The van der Waals surface area contributed by atoms with Crippen LogP contribution in [0.5, 0.6) is 0 Å². The molecular formula is C21H28N2O2. The zero-order valence-corrected chi connectivity index (χ0v) is 15.3. The largest absolute Gasteiger partial charge is 0.379 e. The Labute approximate surface area is 149 Å². The van der Waals surface area contributed by atoms with Crippen molar-refractivity contribution < 1.29 is 9.53 Å². The van der Waals surface area contributed by atoms with Gasteiger partial charge in [0, 0.05) is 48.7 Å². The molecule has 1 saturated heterocycles. The van der Waals surface area contributed by atoms with Crippen LogP contribution in [0.4, 0.5) is 0 Å². The molecule has 4 heteroatoms. The minimum atomic E-state index is -0.000653. The highest BCUT2D eigenvalue weighted by atomic mass is 16.5. The zero-order chi connectivity index (χ0) is 17.4. The molecule has 4 rings (SSSR count). The van der Waals surface area contributed by atoms with Crippen LogP contribution < -0.4 is 0 Å². The Hall–Kier alpha value is -1.65. The fourth-order valence-electron chi connectivity index (χ4n) is 4.91. The molecular weight excluding hydrogens is 312 g/mol. The lowest BCUT2D eigenvalue weighted by molar-refractivity contribution is -0.111. The Kier molecular flexibility index (Phi) is 4.65. The van der Waals surface area contributed by atoms with Crippen LogP contribution in [-0.2, 0) is 22.5 Å². The molecule has 1 aliphatic carbocycles. The number of aldehydes is 1. The molecule has 1 aromatic carbocycles. The van der Waals surface area contributed by atoms with E-state index in [1.807, 2.05) is 0 Å². The van der Waals surface area contributed by atoms with Crippen molar-refractivity contribution in [1.29, 1.82) is 0 Å². The van der Waals surface area contributed by atoms with Crippen LogP contribution in [0.1, 0.15) is 31.0 Å². The average Bonchev–Trinajstić information content (AvgIpc) is 2.96. The van der Waals surface area contributed by atoms with Crippen molar-refractivity contribution in [2.24, 2.45) is 11.8 Å². The number of para-hydroxylation sites is 1. The van der Waals surface area contributed by atoms with E-state index in [0.717, 1.165) is 45.8 Å². The summed E-state index contributed by atoms with van der Waals surface area (Å²) >= 11 is 0. The number of rotatable bonds is 4. The van der Waals surface area contributed by atoms with Crippen molar-refractivity contribution in [2.75, 3.05) is 32.8 Å². The quantitative estimate of drug-likeness (QED) is 0.802. The maximum atomic E-state index is 12.2. The van der Waals surface area contributed by atoms with E-state index in [-0.39, 0.29) is 5.92 Å². The number of fused-ring (bicyclic) bond motifs is 3. The Morgan fingerprint density at radius 3 is 2.72 bits per heavy atom. The highest BCUT2D eigenvalue weighted by Gasteiger charge is 2.38. The molecule has 0 saturated carbocycles. The Balaban J connectivity index is 1.76. The molecule has 2 heterocycles. The minimum Gasteiger partial charge on any atom is -0.379 e. The van der Waals surface area contributed by atoms with Gasteiger partial charge in [0.2, 0.25) is 0 Å². The number of nitrogens with zero attached hydrogens (tertiary/aromatic N) is 2. The Morgan fingerprint density at radius 2 is 2.00 bits per heavy atom. The van der Waals surface area contributed by atoms with Crippen LogP contribution in [0.2, 0.25) is 0 Å². The van der Waals surface area contributed by atoms with E-state index in [1.54, 1.807) is 0 Å². The zero-order valence-electron chi connectivity index (χ0n) is 15.3. The van der Waals surface area contributed by atoms with Gasteiger partial charge in [-0.3, -0.25) is 4.90 Å². The first kappa shape index (κ1) is 16.8. The van der Waals surface area contributed by atoms with E-state index >= 15 is 0 Å². The van der Waals surface area contributed by atoms with E-state index in [2.05, 4.69) is 47.6 Å². The van der Waals surface area contributed by atoms with Crippen molar-refractivity contribution in [3.8, 4) is 0 Å². The van der Waals surface area contributed by atoms with Crippen molar-refractivity contribution in [2.45, 2.75) is 32.7 Å². The van der Waals surface area contributed by atoms with Gasteiger partial charge >= 0.3 is 0 Å². The van der Waals surface area contributed by atoms with Gasteiger partial charge in [-0.25, -0.2) is 0 Å². The molecule has 2 aromatic rings. The molecule has 3 atom stereocenters. The van der Waals surface area contributed by atoms with Gasteiger partial charge in [-0.2, -0.15) is 0 Å². The lowest BCUT2D eigenvalue weighted by Gasteiger charge is -2.39. The first-order chi connectivity index (χ1) is 12.2. The number of hydrogen-bond donors (Lipinski definition) is 0. The summed E-state index contributed by atoms with van der Waals surface area (Å²) in [6.07, 6.45) is 2.28. The summed E-state index contributed by atoms with van der Waals surface area (Å²) in [5, 5.41) is 1.27. The van der Waals surface area contributed by atoms with Gasteiger partial charge in [0.1, 0.15) is 6.29 Å². The van der Waals surface area contributed by atoms with E-state index in [1.165, 1.54) is 28.4 Å². The summed E-state index contributed by atoms with van der Waals surface area (Å²) in [6, 6.07) is 8.59. The summed E-state index contributed by atoms with van der Waals surface area (Å²) in [4.78, 5) is 14.7. The Morgan fingerprint density at radius 1 is 1.24 bits per heavy atom. The fraction of sp³-hybridized carbons (Fsp3) is 0.571. The standard InChI is InChI=1S/C21H28N2O2/c1-3-23-19-7-5-4-6-16(19)21-18(14-24)17(15(2)12-20(21)23)13-22-8-10-25-11-9-22/h4-7,14-15,17-18H,3,8-13H2,1-2H3. The SMILES string of the molecule is CCn1c2c(c3ccccc31)C(C=O)C(CN1CCOCC1)C(C)C2. The van der Waals surface area contributed by atoms with Crippen molar-refractivity contribution in [3.05, 3.63) is 35.5 Å². The van der Waals surface area contributed by atoms with Crippen molar-refractivity contribution >= 4 is 17.2 Å². The van der Waals surface area contributed by atoms with E-state index in [0.29, 0.717) is 11.8 Å². The van der Waals surface area contributed by atoms with Gasteiger partial charge in [0.15, 0.2) is 0 Å². The molecule has 1 aromatic heterocycles. The topological polar surface area (TPSA) is 34.5 Å². The van der Waals surface area contributed by atoms with E-state index < -0.39 is 0 Å². The minimum absolute atomic E-state index is 0.000653. The molecule has 0 N–H and O–H groups in total. The van der Waals surface area contributed by atoms with Gasteiger partial charge in [-0.05, 0) is 36.8 Å². The third kappa shape index (κ3) is 2.81. The fourth-order valence-corrected chi connectivity index (χ4v) is 4.91. The molecule has 2 aliphatic rings. The molecule has 0 spiro atoms. The van der Waals surface area contributed by atoms with Crippen LogP contribution in [0, 0.1) is 11.8 Å². The normalized spacial score (nSPS) is 27.4. The van der Waals surface area contributed by atoms with Crippen LogP contribution >= 0.6 is 0 Å². The number of aromatic nitrogens is 1. The number of benzene rings is 1. The predicted molar refractivity (Wildman–Crippen MR) is 100 cm³/mol. The number of ether oxygens (including phenoxy) is 1. The van der Waals surface area contributed by atoms with Gasteiger partial charge in [0.25, 0.3) is 0 Å². The molecule has 134 valence electrons. The highest BCUT2D eigenvalue weighted by Crippen LogP contribution is 2.44. The molecule has 25 heavy (non-hydrogen) atoms.